The van der Waals surface area contributed by atoms with Crippen LogP contribution in [0, 0.1) is 10.1 Å². The Kier molecular flexibility index (Phi) is 7.53. The van der Waals surface area contributed by atoms with Crippen molar-refractivity contribution in [2.75, 3.05) is 54.9 Å². The van der Waals surface area contributed by atoms with Crippen molar-refractivity contribution in [1.29, 1.82) is 0 Å². The van der Waals surface area contributed by atoms with Crippen LogP contribution in [-0.2, 0) is 4.74 Å². The second-order valence-electron chi connectivity index (χ2n) is 9.84. The molecule has 2 aromatic carbocycles. The second kappa shape index (κ2) is 11.5. The summed E-state index contributed by atoms with van der Waals surface area (Å²) in [5, 5.41) is 19.1. The average Bonchev–Trinajstić information content (AvgIpc) is 3.46. The number of fused-ring (bicyclic) bond motifs is 1. The number of ether oxygens (including phenoxy) is 1. The number of hydrogen-bond donors (Lipinski definition) is 2. The number of hydrogen-bond acceptors (Lipinski definition) is 10. The number of nitrogens with one attached hydrogen (secondary N) is 2. The highest BCUT2D eigenvalue weighted by Crippen LogP contribution is 2.33. The number of amides is 1. The van der Waals surface area contributed by atoms with E-state index in [1.54, 1.807) is 23.5 Å². The fourth-order valence-electron chi connectivity index (χ4n) is 5.25. The fourth-order valence-corrected chi connectivity index (χ4v) is 6.09. The number of carbonyl (C=O) groups is 1. The summed E-state index contributed by atoms with van der Waals surface area (Å²) in [5.41, 5.74) is 2.47. The van der Waals surface area contributed by atoms with E-state index in [4.69, 9.17) is 14.7 Å². The summed E-state index contributed by atoms with van der Waals surface area (Å²) >= 11 is 1.65. The molecule has 4 aromatic rings. The van der Waals surface area contributed by atoms with Gasteiger partial charge >= 0.3 is 0 Å². The van der Waals surface area contributed by atoms with Gasteiger partial charge in [-0.2, -0.15) is 4.98 Å². The highest BCUT2D eigenvalue weighted by molar-refractivity contribution is 7.17. The van der Waals surface area contributed by atoms with Gasteiger partial charge in [0.25, 0.3) is 11.6 Å². The molecule has 2 saturated heterocycles. The number of rotatable bonds is 7. The van der Waals surface area contributed by atoms with Crippen molar-refractivity contribution in [3.8, 4) is 0 Å². The summed E-state index contributed by atoms with van der Waals surface area (Å²) in [5.74, 6) is 1.09. The summed E-state index contributed by atoms with van der Waals surface area (Å²) < 4.78 is 6.61. The summed E-state index contributed by atoms with van der Waals surface area (Å²) in [6.45, 7) is 5.53. The molecule has 1 amide bonds. The van der Waals surface area contributed by atoms with Crippen LogP contribution in [0.3, 0.4) is 0 Å². The lowest BCUT2D eigenvalue weighted by molar-refractivity contribution is -0.384. The second-order valence-corrected chi connectivity index (χ2v) is 10.8. The van der Waals surface area contributed by atoms with Crippen LogP contribution < -0.4 is 15.5 Å². The number of nitro groups is 1. The van der Waals surface area contributed by atoms with E-state index in [9.17, 15) is 14.9 Å². The molecular formula is C28H29N7O4S. The predicted molar refractivity (Wildman–Crippen MR) is 156 cm³/mol. The molecule has 2 aromatic heterocycles. The van der Waals surface area contributed by atoms with Crippen LogP contribution in [0.2, 0.25) is 0 Å². The minimum Gasteiger partial charge on any atom is -0.379 e. The third-order valence-electron chi connectivity index (χ3n) is 7.33. The van der Waals surface area contributed by atoms with E-state index in [-0.39, 0.29) is 11.6 Å². The highest BCUT2D eigenvalue weighted by atomic mass is 32.1. The molecule has 6 rings (SSSR count). The van der Waals surface area contributed by atoms with Crippen molar-refractivity contribution in [2.45, 2.75) is 18.9 Å². The Morgan fingerprint density at radius 1 is 1.00 bits per heavy atom. The Bertz CT molecular complexity index is 1510. The average molecular weight is 560 g/mol. The fraction of sp³-hybridized carbons (Fsp3) is 0.321. The molecular weight excluding hydrogens is 530 g/mol. The van der Waals surface area contributed by atoms with Crippen LogP contribution in [0.5, 0.6) is 0 Å². The molecule has 2 aliphatic rings. The van der Waals surface area contributed by atoms with E-state index in [0.717, 1.165) is 74.0 Å². The lowest BCUT2D eigenvalue weighted by Crippen LogP contribution is -2.49. The van der Waals surface area contributed by atoms with Crippen molar-refractivity contribution in [1.82, 2.24) is 14.9 Å². The van der Waals surface area contributed by atoms with Crippen molar-refractivity contribution < 1.29 is 14.5 Å². The Hall–Kier alpha value is -4.13. The van der Waals surface area contributed by atoms with Gasteiger partial charge in [0.15, 0.2) is 5.82 Å². The molecule has 12 heteroatoms. The molecule has 0 saturated carbocycles. The third-order valence-corrected chi connectivity index (χ3v) is 8.23. The molecule has 0 aliphatic carbocycles. The van der Waals surface area contributed by atoms with E-state index in [1.165, 1.54) is 24.3 Å². The predicted octanol–water partition coefficient (Wildman–Crippen LogP) is 4.90. The van der Waals surface area contributed by atoms with Gasteiger partial charge in [-0.3, -0.25) is 19.8 Å². The summed E-state index contributed by atoms with van der Waals surface area (Å²) in [4.78, 5) is 37.7. The van der Waals surface area contributed by atoms with Gasteiger partial charge in [-0.05, 0) is 54.6 Å². The molecule has 0 atom stereocenters. The first-order valence-electron chi connectivity index (χ1n) is 13.3. The molecule has 0 unspecified atom stereocenters. The quantitative estimate of drug-likeness (QED) is 0.240. The maximum atomic E-state index is 12.7. The number of anilines is 4. The van der Waals surface area contributed by atoms with Crippen molar-refractivity contribution in [3.63, 3.8) is 0 Å². The number of piperidine rings is 1. The smallest absolute Gasteiger partial charge is 0.269 e. The van der Waals surface area contributed by atoms with E-state index in [0.29, 0.717) is 23.2 Å². The molecule has 2 N–H and O–H groups in total. The van der Waals surface area contributed by atoms with Crippen LogP contribution in [0.1, 0.15) is 23.2 Å². The van der Waals surface area contributed by atoms with Gasteiger partial charge < -0.3 is 20.3 Å². The first-order chi connectivity index (χ1) is 19.5. The molecule has 0 bridgehead atoms. The highest BCUT2D eigenvalue weighted by Gasteiger charge is 2.27. The molecule has 11 nitrogen and oxygen atoms in total. The lowest BCUT2D eigenvalue weighted by atomic mass is 10.0. The summed E-state index contributed by atoms with van der Waals surface area (Å²) in [6.07, 6.45) is 2.19. The van der Waals surface area contributed by atoms with E-state index in [2.05, 4.69) is 20.4 Å². The Morgan fingerprint density at radius 3 is 2.50 bits per heavy atom. The van der Waals surface area contributed by atoms with E-state index in [1.807, 2.05) is 23.6 Å². The molecule has 4 heterocycles. The normalized spacial score (nSPS) is 16.6. The van der Waals surface area contributed by atoms with Gasteiger partial charge in [0.2, 0.25) is 5.95 Å². The molecule has 2 fully saturated rings. The topological polar surface area (TPSA) is 126 Å². The number of thiophene rings is 1. The summed E-state index contributed by atoms with van der Waals surface area (Å²) in [6, 6.07) is 15.4. The minimum absolute atomic E-state index is 0.0637. The lowest BCUT2D eigenvalue weighted by Gasteiger charge is -2.40. The van der Waals surface area contributed by atoms with E-state index < -0.39 is 4.92 Å². The number of nitro benzene ring substituents is 1. The third kappa shape index (κ3) is 5.74. The molecule has 206 valence electrons. The molecule has 0 spiro atoms. The van der Waals surface area contributed by atoms with Crippen molar-refractivity contribution in [3.05, 3.63) is 75.7 Å². The van der Waals surface area contributed by atoms with Gasteiger partial charge in [0.1, 0.15) is 0 Å². The van der Waals surface area contributed by atoms with Crippen LogP contribution in [-0.4, -0.2) is 71.1 Å². The standard InChI is InChI=1S/C28H29N7O4S/c36-27(19-4-6-23(7-5-19)35(37)38)29-20-2-1-3-21(18-20)30-28-31-24-10-17-40-25(24)26(32-28)34-11-8-22(9-12-34)33-13-15-39-16-14-33/h1-7,10,17-18,22H,8-9,11-16H2,(H,29,36)(H,30,31,32). The molecule has 0 radical (unpaired) electrons. The number of nitrogens with zero attached hydrogens (tertiary/aromatic N) is 5. The van der Waals surface area contributed by atoms with Crippen LogP contribution >= 0.6 is 11.3 Å². The van der Waals surface area contributed by atoms with Crippen molar-refractivity contribution >= 4 is 56.3 Å². The van der Waals surface area contributed by atoms with Gasteiger partial charge in [-0.1, -0.05) is 6.07 Å². The maximum Gasteiger partial charge on any atom is 0.269 e. The SMILES string of the molecule is O=C(Nc1cccc(Nc2nc(N3CCC(N4CCOCC4)CC3)c3sccc3n2)c1)c1ccc([N+](=O)[O-])cc1. The van der Waals surface area contributed by atoms with Crippen LogP contribution in [0.25, 0.3) is 10.2 Å². The number of benzene rings is 2. The van der Waals surface area contributed by atoms with Gasteiger partial charge in [0.05, 0.1) is 28.4 Å². The largest absolute Gasteiger partial charge is 0.379 e. The van der Waals surface area contributed by atoms with Crippen LogP contribution in [0.15, 0.2) is 60.0 Å². The van der Waals surface area contributed by atoms with Gasteiger partial charge in [0, 0.05) is 61.3 Å². The Balaban J connectivity index is 1.15. The first kappa shape index (κ1) is 26.1. The molecule has 40 heavy (non-hydrogen) atoms. The maximum absolute atomic E-state index is 12.7. The van der Waals surface area contributed by atoms with Gasteiger partial charge in [-0.25, -0.2) is 4.98 Å². The van der Waals surface area contributed by atoms with Crippen molar-refractivity contribution in [2.24, 2.45) is 0 Å². The molecule has 2 aliphatic heterocycles. The van der Waals surface area contributed by atoms with Gasteiger partial charge in [-0.15, -0.1) is 11.3 Å². The minimum atomic E-state index is -0.495. The number of morpholine rings is 1. The number of carbonyl (C=O) groups excluding carboxylic acids is 1. The number of aromatic nitrogens is 2. The summed E-state index contributed by atoms with van der Waals surface area (Å²) in [7, 11) is 0. The first-order valence-corrected chi connectivity index (χ1v) is 14.2. The Morgan fingerprint density at radius 2 is 1.75 bits per heavy atom. The Labute approximate surface area is 234 Å². The zero-order valence-electron chi connectivity index (χ0n) is 21.8. The number of non-ortho nitro benzene ring substituents is 1. The van der Waals surface area contributed by atoms with Crippen LogP contribution in [0.4, 0.5) is 28.8 Å². The zero-order chi connectivity index (χ0) is 27.5. The monoisotopic (exact) mass is 559 g/mol. The zero-order valence-corrected chi connectivity index (χ0v) is 22.6. The van der Waals surface area contributed by atoms with E-state index >= 15 is 0 Å².